The molecule has 152 valence electrons. The van der Waals surface area contributed by atoms with Gasteiger partial charge >= 0.3 is 0 Å². The van der Waals surface area contributed by atoms with Gasteiger partial charge in [-0.05, 0) is 48.5 Å². The van der Waals surface area contributed by atoms with Crippen molar-refractivity contribution < 1.29 is 18.4 Å². The van der Waals surface area contributed by atoms with E-state index >= 15 is 0 Å². The molecule has 0 fully saturated rings. The highest BCUT2D eigenvalue weighted by atomic mass is 32.1. The van der Waals surface area contributed by atoms with Crippen molar-refractivity contribution in [2.75, 3.05) is 5.32 Å². The Morgan fingerprint density at radius 1 is 1.13 bits per heavy atom. The van der Waals surface area contributed by atoms with E-state index in [0.717, 1.165) is 5.56 Å². The number of nitrogens with one attached hydrogen (secondary N) is 1. The van der Waals surface area contributed by atoms with Crippen LogP contribution in [0.5, 0.6) is 5.75 Å². The summed E-state index contributed by atoms with van der Waals surface area (Å²) in [5.41, 5.74) is 1.92. The summed E-state index contributed by atoms with van der Waals surface area (Å²) in [5, 5.41) is 8.86. The van der Waals surface area contributed by atoms with Gasteiger partial charge < -0.3 is 9.26 Å². The predicted octanol–water partition coefficient (Wildman–Crippen LogP) is 4.73. The predicted molar refractivity (Wildman–Crippen MR) is 110 cm³/mol. The molecule has 1 amide bonds. The summed E-state index contributed by atoms with van der Waals surface area (Å²) in [6, 6.07) is 12.7. The highest BCUT2D eigenvalue weighted by Gasteiger charge is 2.11. The van der Waals surface area contributed by atoms with Gasteiger partial charge in [0, 0.05) is 22.9 Å². The lowest BCUT2D eigenvalue weighted by Crippen LogP contribution is -2.11. The molecule has 0 bridgehead atoms. The molecular weight excluding hydrogens is 407 g/mol. The Balaban J connectivity index is 1.35. The van der Waals surface area contributed by atoms with Crippen molar-refractivity contribution in [2.45, 2.75) is 20.0 Å². The van der Waals surface area contributed by atoms with Crippen LogP contribution in [0.4, 0.5) is 9.52 Å². The lowest BCUT2D eigenvalue weighted by molar-refractivity contribution is 0.102. The second kappa shape index (κ2) is 8.83. The van der Waals surface area contributed by atoms with E-state index < -0.39 is 0 Å². The van der Waals surface area contributed by atoms with Crippen LogP contribution in [0.3, 0.4) is 0 Å². The van der Waals surface area contributed by atoms with Crippen molar-refractivity contribution in [1.29, 1.82) is 0 Å². The molecule has 1 N–H and O–H groups in total. The van der Waals surface area contributed by atoms with Gasteiger partial charge in [-0.15, -0.1) is 11.3 Å². The summed E-state index contributed by atoms with van der Waals surface area (Å²) in [7, 11) is 0. The number of carbonyl (C=O) groups is 1. The largest absolute Gasteiger partial charge is 0.485 e. The number of amides is 1. The Bertz CT molecular complexity index is 1140. The minimum Gasteiger partial charge on any atom is -0.485 e. The molecule has 2 aromatic heterocycles. The van der Waals surface area contributed by atoms with E-state index in [1.165, 1.54) is 23.5 Å². The van der Waals surface area contributed by atoms with E-state index in [9.17, 15) is 9.18 Å². The zero-order chi connectivity index (χ0) is 20.9. The maximum atomic E-state index is 13.1. The standard InChI is InChI=1S/C21H17FN4O3S/c1-2-19-24-18(26-29-19)11-28-16-9-5-14(6-10-16)20(27)25-21-23-17(12-30-21)13-3-7-15(22)8-4-13/h3-10,12H,2,11H2,1H3,(H,23,25,27). The van der Waals surface area contributed by atoms with Crippen molar-refractivity contribution in [1.82, 2.24) is 15.1 Å². The zero-order valence-corrected chi connectivity index (χ0v) is 16.8. The third-order valence-electron chi connectivity index (χ3n) is 4.16. The molecule has 0 atom stereocenters. The molecule has 7 nitrogen and oxygen atoms in total. The lowest BCUT2D eigenvalue weighted by Gasteiger charge is -2.05. The number of carbonyl (C=O) groups excluding carboxylic acids is 1. The van der Waals surface area contributed by atoms with Gasteiger partial charge in [-0.2, -0.15) is 4.98 Å². The van der Waals surface area contributed by atoms with Gasteiger partial charge in [0.15, 0.2) is 11.7 Å². The Morgan fingerprint density at radius 3 is 2.60 bits per heavy atom. The average molecular weight is 424 g/mol. The molecule has 0 unspecified atom stereocenters. The fourth-order valence-electron chi connectivity index (χ4n) is 2.60. The highest BCUT2D eigenvalue weighted by Crippen LogP contribution is 2.25. The van der Waals surface area contributed by atoms with Gasteiger partial charge in [-0.1, -0.05) is 12.1 Å². The Hall–Kier alpha value is -3.59. The van der Waals surface area contributed by atoms with E-state index in [-0.39, 0.29) is 18.3 Å². The van der Waals surface area contributed by atoms with Crippen LogP contribution >= 0.6 is 11.3 Å². The van der Waals surface area contributed by atoms with Gasteiger partial charge in [-0.25, -0.2) is 9.37 Å². The minimum absolute atomic E-state index is 0.181. The molecule has 4 aromatic rings. The molecular formula is C21H17FN4O3S. The van der Waals surface area contributed by atoms with Crippen LogP contribution in [-0.2, 0) is 13.0 Å². The second-order valence-corrected chi connectivity index (χ2v) is 7.13. The molecule has 2 heterocycles. The molecule has 4 rings (SSSR count). The van der Waals surface area contributed by atoms with Crippen LogP contribution in [0, 0.1) is 5.82 Å². The van der Waals surface area contributed by atoms with E-state index in [2.05, 4.69) is 20.4 Å². The van der Waals surface area contributed by atoms with Crippen LogP contribution < -0.4 is 10.1 Å². The van der Waals surface area contributed by atoms with Gasteiger partial charge in [0.2, 0.25) is 11.7 Å². The second-order valence-electron chi connectivity index (χ2n) is 6.27. The summed E-state index contributed by atoms with van der Waals surface area (Å²) in [6.07, 6.45) is 0.668. The first-order valence-corrected chi connectivity index (χ1v) is 10.1. The summed E-state index contributed by atoms with van der Waals surface area (Å²) in [4.78, 5) is 21.0. The third-order valence-corrected chi connectivity index (χ3v) is 4.92. The van der Waals surface area contributed by atoms with Crippen molar-refractivity contribution >= 4 is 22.4 Å². The SMILES string of the molecule is CCc1nc(COc2ccc(C(=O)Nc3nc(-c4ccc(F)cc4)cs3)cc2)no1. The van der Waals surface area contributed by atoms with Gasteiger partial charge in [0.1, 0.15) is 11.6 Å². The van der Waals surface area contributed by atoms with Crippen molar-refractivity contribution in [3.05, 3.63) is 77.0 Å². The Labute approximate surface area is 175 Å². The fourth-order valence-corrected chi connectivity index (χ4v) is 3.31. The number of ether oxygens (including phenoxy) is 1. The number of anilines is 1. The molecule has 0 saturated carbocycles. The number of aryl methyl sites for hydroxylation is 1. The van der Waals surface area contributed by atoms with Crippen LogP contribution in [0.1, 0.15) is 29.0 Å². The van der Waals surface area contributed by atoms with E-state index in [0.29, 0.717) is 40.3 Å². The summed E-state index contributed by atoms with van der Waals surface area (Å²) in [5.74, 6) is 1.02. The normalized spacial score (nSPS) is 10.7. The molecule has 0 spiro atoms. The van der Waals surface area contributed by atoms with E-state index in [4.69, 9.17) is 9.26 Å². The molecule has 9 heteroatoms. The maximum Gasteiger partial charge on any atom is 0.257 e. The molecule has 30 heavy (non-hydrogen) atoms. The van der Waals surface area contributed by atoms with Gasteiger partial charge in [0.05, 0.1) is 5.69 Å². The van der Waals surface area contributed by atoms with E-state index in [1.807, 2.05) is 12.3 Å². The first-order valence-electron chi connectivity index (χ1n) is 9.18. The summed E-state index contributed by atoms with van der Waals surface area (Å²) < 4.78 is 23.7. The quantitative estimate of drug-likeness (QED) is 0.461. The van der Waals surface area contributed by atoms with Crippen LogP contribution in [-0.4, -0.2) is 21.0 Å². The zero-order valence-electron chi connectivity index (χ0n) is 16.0. The Kier molecular flexibility index (Phi) is 5.80. The topological polar surface area (TPSA) is 90.1 Å². The molecule has 2 aromatic carbocycles. The Morgan fingerprint density at radius 2 is 1.90 bits per heavy atom. The van der Waals surface area contributed by atoms with Crippen molar-refractivity contribution in [2.24, 2.45) is 0 Å². The fraction of sp³-hybridized carbons (Fsp3) is 0.143. The van der Waals surface area contributed by atoms with Crippen LogP contribution in [0.25, 0.3) is 11.3 Å². The van der Waals surface area contributed by atoms with Crippen molar-refractivity contribution in [3.8, 4) is 17.0 Å². The molecule has 0 aliphatic rings. The van der Waals surface area contributed by atoms with Crippen LogP contribution in [0.15, 0.2) is 58.4 Å². The minimum atomic E-state index is -0.307. The smallest absolute Gasteiger partial charge is 0.257 e. The number of hydrogen-bond donors (Lipinski definition) is 1. The maximum absolute atomic E-state index is 13.1. The summed E-state index contributed by atoms with van der Waals surface area (Å²) >= 11 is 1.30. The first-order chi connectivity index (χ1) is 14.6. The third kappa shape index (κ3) is 4.69. The van der Waals surface area contributed by atoms with Gasteiger partial charge in [-0.3, -0.25) is 10.1 Å². The number of thiazole rings is 1. The first kappa shape index (κ1) is 19.7. The number of rotatable bonds is 7. The number of halogens is 1. The number of hydrogen-bond acceptors (Lipinski definition) is 7. The van der Waals surface area contributed by atoms with Gasteiger partial charge in [0.25, 0.3) is 5.91 Å². The van der Waals surface area contributed by atoms with Crippen molar-refractivity contribution in [3.63, 3.8) is 0 Å². The number of aromatic nitrogens is 3. The summed E-state index contributed by atoms with van der Waals surface area (Å²) in [6.45, 7) is 2.11. The van der Waals surface area contributed by atoms with E-state index in [1.54, 1.807) is 36.4 Å². The molecule has 0 saturated heterocycles. The number of benzene rings is 2. The molecule has 0 aliphatic carbocycles. The highest BCUT2D eigenvalue weighted by molar-refractivity contribution is 7.14. The number of nitrogens with zero attached hydrogens (tertiary/aromatic N) is 3. The average Bonchev–Trinajstić information content (AvgIpc) is 3.42. The van der Waals surface area contributed by atoms with Crippen LogP contribution in [0.2, 0.25) is 0 Å². The molecule has 0 radical (unpaired) electrons. The monoisotopic (exact) mass is 424 g/mol. The molecule has 0 aliphatic heterocycles. The lowest BCUT2D eigenvalue weighted by atomic mass is 10.2.